The number of hydrogen-bond acceptors (Lipinski definition) is 2. The molecule has 3 aliphatic rings. The van der Waals surface area contributed by atoms with Gasteiger partial charge in [0.25, 0.3) is 0 Å². The van der Waals surface area contributed by atoms with Gasteiger partial charge in [0.2, 0.25) is 0 Å². The van der Waals surface area contributed by atoms with Crippen molar-refractivity contribution in [3.05, 3.63) is 0 Å². The monoisotopic (exact) mass is 212 g/mol. The zero-order chi connectivity index (χ0) is 10.8. The van der Waals surface area contributed by atoms with Crippen molar-refractivity contribution >= 4 is 0 Å². The molecule has 1 saturated heterocycles. The third-order valence-corrected chi connectivity index (χ3v) is 4.17. The van der Waals surface area contributed by atoms with Crippen LogP contribution in [0.3, 0.4) is 0 Å². The van der Waals surface area contributed by atoms with Crippen LogP contribution in [0, 0.1) is 17.8 Å². The topological polar surface area (TPSA) is 21.8 Å². The molecule has 2 nitrogen and oxygen atoms in total. The minimum absolute atomic E-state index is 0.704. The van der Waals surface area contributed by atoms with Crippen LogP contribution in [0.2, 0.25) is 0 Å². The van der Waals surface area contributed by atoms with Crippen LogP contribution >= 0.6 is 0 Å². The second-order valence-electron chi connectivity index (χ2n) is 5.29. The fraction of sp³-hybridized carbons (Fsp3) is 1.00. The Labute approximate surface area is 93.3 Å². The number of hydrogen-bond donors (Lipinski definition) is 0. The minimum Gasteiger partial charge on any atom is -0.385 e. The van der Waals surface area contributed by atoms with Crippen LogP contribution in [0.15, 0.2) is 0 Å². The van der Waals surface area contributed by atoms with Crippen molar-refractivity contribution in [2.45, 2.75) is 51.7 Å². The molecule has 1 aliphatic heterocycles. The molecule has 3 fully saturated rings. The Bertz CT molecular complexity index is 203. The molecule has 2 aliphatic carbocycles. The van der Waals surface area contributed by atoms with Crippen LogP contribution in [-0.4, -0.2) is 25.9 Å². The number of rotatable bonds is 1. The third-order valence-electron chi connectivity index (χ3n) is 4.17. The average Bonchev–Trinajstić information content (AvgIpc) is 2.91. The lowest BCUT2D eigenvalue weighted by molar-refractivity contribution is 0.131. The Kier molecular flexibility index (Phi) is 3.68. The van der Waals surface area contributed by atoms with Gasteiger partial charge in [-0.05, 0) is 43.9 Å². The zero-order valence-electron chi connectivity index (χ0n) is 10.2. The second kappa shape index (κ2) is 4.84. The normalized spacial score (nSPS) is 46.2. The molecule has 0 aromatic rings. The Morgan fingerprint density at radius 3 is 2.67 bits per heavy atom. The van der Waals surface area contributed by atoms with Crippen LogP contribution < -0.4 is 0 Å². The standard InChI is InChI=1S/C10H16O.C3H8O/c1-6-2-3-8-7(4-6)5-9-10(8)11-9;1-3-4-2/h6-10H,2-5H2,1H3;3H2,1-2H3. The molecule has 15 heavy (non-hydrogen) atoms. The summed E-state index contributed by atoms with van der Waals surface area (Å²) in [5.74, 6) is 3.01. The molecule has 88 valence electrons. The molecule has 5 unspecified atom stereocenters. The van der Waals surface area contributed by atoms with E-state index in [-0.39, 0.29) is 0 Å². The van der Waals surface area contributed by atoms with Crippen LogP contribution in [0.4, 0.5) is 0 Å². The molecule has 0 aromatic heterocycles. The van der Waals surface area contributed by atoms with E-state index in [1.54, 1.807) is 7.11 Å². The van der Waals surface area contributed by atoms with Gasteiger partial charge in [-0.1, -0.05) is 13.3 Å². The van der Waals surface area contributed by atoms with Gasteiger partial charge in [-0.2, -0.15) is 0 Å². The second-order valence-corrected chi connectivity index (χ2v) is 5.29. The Morgan fingerprint density at radius 1 is 1.27 bits per heavy atom. The van der Waals surface area contributed by atoms with Crippen LogP contribution in [0.5, 0.6) is 0 Å². The van der Waals surface area contributed by atoms with E-state index in [9.17, 15) is 0 Å². The highest BCUT2D eigenvalue weighted by Crippen LogP contribution is 2.53. The van der Waals surface area contributed by atoms with Crippen LogP contribution in [0.25, 0.3) is 0 Å². The first-order chi connectivity index (χ1) is 7.26. The molecular weight excluding hydrogens is 188 g/mol. The quantitative estimate of drug-likeness (QED) is 0.623. The Hall–Kier alpha value is -0.0800. The summed E-state index contributed by atoms with van der Waals surface area (Å²) in [4.78, 5) is 0. The van der Waals surface area contributed by atoms with Gasteiger partial charge < -0.3 is 9.47 Å². The van der Waals surface area contributed by atoms with Gasteiger partial charge in [0.05, 0.1) is 12.2 Å². The maximum atomic E-state index is 5.56. The van der Waals surface area contributed by atoms with Crippen molar-refractivity contribution < 1.29 is 9.47 Å². The third kappa shape index (κ3) is 2.54. The fourth-order valence-corrected chi connectivity index (χ4v) is 3.25. The van der Waals surface area contributed by atoms with Crippen molar-refractivity contribution in [3.63, 3.8) is 0 Å². The van der Waals surface area contributed by atoms with Crippen molar-refractivity contribution in [1.29, 1.82) is 0 Å². The summed E-state index contributed by atoms with van der Waals surface area (Å²) in [7, 11) is 1.68. The molecule has 0 aromatic carbocycles. The van der Waals surface area contributed by atoms with Gasteiger partial charge >= 0.3 is 0 Å². The van der Waals surface area contributed by atoms with E-state index >= 15 is 0 Å². The van der Waals surface area contributed by atoms with E-state index in [0.717, 1.165) is 24.4 Å². The molecule has 2 heteroatoms. The van der Waals surface area contributed by atoms with Crippen molar-refractivity contribution in [2.24, 2.45) is 17.8 Å². The maximum absolute atomic E-state index is 5.56. The average molecular weight is 212 g/mol. The molecule has 0 radical (unpaired) electrons. The first-order valence-electron chi connectivity index (χ1n) is 6.40. The summed E-state index contributed by atoms with van der Waals surface area (Å²) in [5, 5.41) is 0. The highest BCUT2D eigenvalue weighted by Gasteiger charge is 2.55. The number of epoxide rings is 1. The molecule has 0 spiro atoms. The number of methoxy groups -OCH3 is 1. The fourth-order valence-electron chi connectivity index (χ4n) is 3.25. The Morgan fingerprint density at radius 2 is 2.00 bits per heavy atom. The van der Waals surface area contributed by atoms with Gasteiger partial charge in [0.15, 0.2) is 0 Å². The lowest BCUT2D eigenvalue weighted by atomic mass is 9.76. The molecule has 0 amide bonds. The summed E-state index contributed by atoms with van der Waals surface area (Å²) in [6, 6.07) is 0. The summed E-state index contributed by atoms with van der Waals surface area (Å²) in [6.45, 7) is 5.18. The highest BCUT2D eigenvalue weighted by molar-refractivity contribution is 5.03. The minimum atomic E-state index is 0.704. The van der Waals surface area contributed by atoms with Gasteiger partial charge in [0.1, 0.15) is 0 Å². The smallest absolute Gasteiger partial charge is 0.0872 e. The Balaban J connectivity index is 0.000000188. The summed E-state index contributed by atoms with van der Waals surface area (Å²) in [6.07, 6.45) is 7.20. The van der Waals surface area contributed by atoms with E-state index in [2.05, 4.69) is 11.7 Å². The molecular formula is C13H24O2. The van der Waals surface area contributed by atoms with Crippen molar-refractivity contribution in [3.8, 4) is 0 Å². The SMILES string of the molecule is CC1CCC2C(C1)CC1OC12.CCOC. The summed E-state index contributed by atoms with van der Waals surface area (Å²) >= 11 is 0. The predicted octanol–water partition coefficient (Wildman–Crippen LogP) is 2.86. The van der Waals surface area contributed by atoms with Crippen molar-refractivity contribution in [2.75, 3.05) is 13.7 Å². The van der Waals surface area contributed by atoms with E-state index in [4.69, 9.17) is 4.74 Å². The number of fused-ring (bicyclic) bond motifs is 3. The van der Waals surface area contributed by atoms with Gasteiger partial charge in [-0.15, -0.1) is 0 Å². The zero-order valence-corrected chi connectivity index (χ0v) is 10.2. The van der Waals surface area contributed by atoms with E-state index in [1.807, 2.05) is 6.92 Å². The molecule has 0 bridgehead atoms. The van der Waals surface area contributed by atoms with Crippen LogP contribution in [0.1, 0.15) is 39.5 Å². The van der Waals surface area contributed by atoms with Gasteiger partial charge in [-0.25, -0.2) is 0 Å². The summed E-state index contributed by atoms with van der Waals surface area (Å²) in [5.41, 5.74) is 0. The largest absolute Gasteiger partial charge is 0.385 e. The molecule has 3 rings (SSSR count). The lowest BCUT2D eigenvalue weighted by Crippen LogP contribution is -2.23. The first-order valence-corrected chi connectivity index (χ1v) is 6.40. The van der Waals surface area contributed by atoms with E-state index in [0.29, 0.717) is 12.2 Å². The molecule has 1 heterocycles. The lowest BCUT2D eigenvalue weighted by Gasteiger charge is -2.30. The number of ether oxygens (including phenoxy) is 2. The predicted molar refractivity (Wildman–Crippen MR) is 60.8 cm³/mol. The van der Waals surface area contributed by atoms with E-state index < -0.39 is 0 Å². The van der Waals surface area contributed by atoms with Gasteiger partial charge in [0, 0.05) is 13.7 Å². The summed E-state index contributed by atoms with van der Waals surface area (Å²) < 4.78 is 10.1. The molecule has 5 atom stereocenters. The highest BCUT2D eigenvalue weighted by atomic mass is 16.6. The molecule has 0 N–H and O–H groups in total. The van der Waals surface area contributed by atoms with Crippen molar-refractivity contribution in [1.82, 2.24) is 0 Å². The first kappa shape index (κ1) is 11.4. The van der Waals surface area contributed by atoms with E-state index in [1.165, 1.54) is 25.7 Å². The molecule has 2 saturated carbocycles. The van der Waals surface area contributed by atoms with Gasteiger partial charge in [-0.3, -0.25) is 0 Å². The van der Waals surface area contributed by atoms with Crippen LogP contribution in [-0.2, 0) is 9.47 Å². The maximum Gasteiger partial charge on any atom is 0.0872 e.